The fourth-order valence-corrected chi connectivity index (χ4v) is 2.87. The van der Waals surface area contributed by atoms with E-state index in [1.165, 1.54) is 0 Å². The molecule has 0 saturated heterocycles. The summed E-state index contributed by atoms with van der Waals surface area (Å²) in [5.74, 6) is -0.253. The summed E-state index contributed by atoms with van der Waals surface area (Å²) < 4.78 is 5.37. The maximum Gasteiger partial charge on any atom is 0.340 e. The Kier molecular flexibility index (Phi) is 3.38. The van der Waals surface area contributed by atoms with Gasteiger partial charge in [-0.2, -0.15) is 0 Å². The summed E-state index contributed by atoms with van der Waals surface area (Å²) in [5, 5.41) is 0. The molecule has 0 amide bonds. The molecule has 0 fully saturated rings. The number of benzene rings is 2. The maximum atomic E-state index is 11.8. The van der Waals surface area contributed by atoms with E-state index >= 15 is 0 Å². The van der Waals surface area contributed by atoms with E-state index in [1.54, 1.807) is 17.8 Å². The fraction of sp³-hybridized carbons (Fsp3) is 0.0625. The van der Waals surface area contributed by atoms with Crippen molar-refractivity contribution in [3.63, 3.8) is 0 Å². The summed E-state index contributed by atoms with van der Waals surface area (Å²) >= 11 is 1.55. The lowest BCUT2D eigenvalue weighted by Crippen LogP contribution is -2.18. The normalized spacial score (nSPS) is 18.1. The number of hydrogen-bond donors (Lipinski definition) is 0. The molecule has 0 aromatic heterocycles. The highest BCUT2D eigenvalue weighted by Crippen LogP contribution is 2.34. The fourth-order valence-electron chi connectivity index (χ4n) is 1.89. The third-order valence-electron chi connectivity index (χ3n) is 2.82. The molecule has 1 aliphatic rings. The van der Waals surface area contributed by atoms with Crippen molar-refractivity contribution in [1.82, 2.24) is 0 Å². The quantitative estimate of drug-likeness (QED) is 0.770. The molecular formula is C16H12O2S. The Hall–Kier alpha value is -2.00. The van der Waals surface area contributed by atoms with Crippen molar-refractivity contribution >= 4 is 23.8 Å². The van der Waals surface area contributed by atoms with Crippen LogP contribution in [-0.2, 0) is 4.74 Å². The number of rotatable bonds is 2. The van der Waals surface area contributed by atoms with Crippen LogP contribution in [0.2, 0.25) is 0 Å². The van der Waals surface area contributed by atoms with Gasteiger partial charge in [0.05, 0.1) is 5.56 Å². The Morgan fingerprint density at radius 1 is 1.00 bits per heavy atom. The van der Waals surface area contributed by atoms with Crippen molar-refractivity contribution < 1.29 is 9.53 Å². The molecule has 0 radical (unpaired) electrons. The molecular weight excluding hydrogens is 256 g/mol. The first-order chi connectivity index (χ1) is 9.33. The van der Waals surface area contributed by atoms with E-state index in [4.69, 9.17) is 4.74 Å². The van der Waals surface area contributed by atoms with Crippen LogP contribution in [0.5, 0.6) is 0 Å². The predicted octanol–water partition coefficient (Wildman–Crippen LogP) is 3.99. The van der Waals surface area contributed by atoms with Gasteiger partial charge in [-0.25, -0.2) is 4.79 Å². The van der Waals surface area contributed by atoms with Crippen LogP contribution in [0.1, 0.15) is 15.9 Å². The van der Waals surface area contributed by atoms with Crippen LogP contribution in [0.25, 0.3) is 6.08 Å². The zero-order chi connectivity index (χ0) is 13.1. The van der Waals surface area contributed by atoms with E-state index in [2.05, 4.69) is 0 Å². The second-order valence-corrected chi connectivity index (χ2v) is 5.30. The van der Waals surface area contributed by atoms with Gasteiger partial charge in [-0.05, 0) is 23.8 Å². The number of carbonyl (C=O) groups excluding carboxylic acids is 1. The Morgan fingerprint density at radius 3 is 2.58 bits per heavy atom. The van der Waals surface area contributed by atoms with Crippen LogP contribution < -0.4 is 0 Å². The summed E-state index contributed by atoms with van der Waals surface area (Å²) in [7, 11) is 0. The molecule has 0 spiro atoms. The number of carbonyl (C=O) groups is 1. The summed E-state index contributed by atoms with van der Waals surface area (Å²) in [6.45, 7) is 0. The Bertz CT molecular complexity index is 620. The van der Waals surface area contributed by atoms with E-state index in [-0.39, 0.29) is 11.4 Å². The Balaban J connectivity index is 1.79. The molecule has 1 aliphatic heterocycles. The summed E-state index contributed by atoms with van der Waals surface area (Å²) in [5.41, 5.74) is 1.48. The van der Waals surface area contributed by atoms with E-state index in [1.807, 2.05) is 60.7 Å². The van der Waals surface area contributed by atoms with Crippen molar-refractivity contribution in [3.05, 3.63) is 71.8 Å². The number of esters is 1. The minimum absolute atomic E-state index is 0.253. The van der Waals surface area contributed by atoms with E-state index in [9.17, 15) is 4.79 Å². The lowest BCUT2D eigenvalue weighted by molar-refractivity contribution is 0.0497. The average molecular weight is 268 g/mol. The first-order valence-corrected chi connectivity index (χ1v) is 6.91. The molecule has 2 aromatic rings. The van der Waals surface area contributed by atoms with Gasteiger partial charge in [0.25, 0.3) is 0 Å². The van der Waals surface area contributed by atoms with Gasteiger partial charge in [-0.15, -0.1) is 0 Å². The van der Waals surface area contributed by atoms with Crippen molar-refractivity contribution in [3.8, 4) is 0 Å². The second kappa shape index (κ2) is 5.33. The van der Waals surface area contributed by atoms with Gasteiger partial charge in [0, 0.05) is 4.90 Å². The largest absolute Gasteiger partial charge is 0.443 e. The molecule has 2 nitrogen and oxygen atoms in total. The molecule has 19 heavy (non-hydrogen) atoms. The van der Waals surface area contributed by atoms with Crippen molar-refractivity contribution in [2.75, 3.05) is 0 Å². The molecule has 3 rings (SSSR count). The van der Waals surface area contributed by atoms with Crippen LogP contribution in [-0.4, -0.2) is 11.4 Å². The van der Waals surface area contributed by atoms with Crippen LogP contribution in [0.3, 0.4) is 0 Å². The zero-order valence-electron chi connectivity index (χ0n) is 10.2. The zero-order valence-corrected chi connectivity index (χ0v) is 11.0. The molecule has 1 atom stereocenters. The van der Waals surface area contributed by atoms with E-state index in [0.29, 0.717) is 5.56 Å². The van der Waals surface area contributed by atoms with Gasteiger partial charge in [0.2, 0.25) is 0 Å². The number of thioether (sulfide) groups is 1. The topological polar surface area (TPSA) is 26.3 Å². The molecule has 1 unspecified atom stereocenters. The standard InChI is InChI=1S/C16H12O2S/c17-16-13-8-4-5-9-14(13)19-15(18-16)11-10-12-6-2-1-3-7-12/h1-11,15H/b11-10+. The molecule has 3 heteroatoms. The first-order valence-electron chi connectivity index (χ1n) is 6.03. The lowest BCUT2D eigenvalue weighted by atomic mass is 10.2. The number of fused-ring (bicyclic) bond motifs is 1. The Morgan fingerprint density at radius 2 is 1.74 bits per heavy atom. The maximum absolute atomic E-state index is 11.8. The minimum atomic E-state index is -0.261. The van der Waals surface area contributed by atoms with Gasteiger partial charge in [0.1, 0.15) is 0 Å². The molecule has 0 N–H and O–H groups in total. The number of cyclic esters (lactones) is 1. The van der Waals surface area contributed by atoms with Gasteiger partial charge < -0.3 is 4.74 Å². The monoisotopic (exact) mass is 268 g/mol. The highest BCUT2D eigenvalue weighted by atomic mass is 32.2. The highest BCUT2D eigenvalue weighted by molar-refractivity contribution is 8.00. The van der Waals surface area contributed by atoms with Gasteiger partial charge in [-0.1, -0.05) is 60.3 Å². The SMILES string of the molecule is O=C1OC(/C=C/c2ccccc2)Sc2ccccc21. The lowest BCUT2D eigenvalue weighted by Gasteiger charge is -2.21. The smallest absolute Gasteiger partial charge is 0.340 e. The Labute approximate surface area is 116 Å². The molecule has 1 heterocycles. The molecule has 2 aromatic carbocycles. The number of hydrogen-bond acceptors (Lipinski definition) is 3. The molecule has 0 bridgehead atoms. The second-order valence-electron chi connectivity index (χ2n) is 4.16. The van der Waals surface area contributed by atoms with Gasteiger partial charge in [-0.3, -0.25) is 0 Å². The van der Waals surface area contributed by atoms with Crippen LogP contribution in [0.15, 0.2) is 65.6 Å². The van der Waals surface area contributed by atoms with Crippen molar-refractivity contribution in [1.29, 1.82) is 0 Å². The van der Waals surface area contributed by atoms with E-state index < -0.39 is 0 Å². The summed E-state index contributed by atoms with van der Waals surface area (Å²) in [4.78, 5) is 12.8. The van der Waals surface area contributed by atoms with Gasteiger partial charge >= 0.3 is 5.97 Å². The van der Waals surface area contributed by atoms with Gasteiger partial charge in [0.15, 0.2) is 5.44 Å². The van der Waals surface area contributed by atoms with Crippen LogP contribution in [0.4, 0.5) is 0 Å². The molecule has 94 valence electrons. The van der Waals surface area contributed by atoms with Crippen LogP contribution >= 0.6 is 11.8 Å². The third-order valence-corrected chi connectivity index (χ3v) is 3.91. The highest BCUT2D eigenvalue weighted by Gasteiger charge is 2.24. The van der Waals surface area contributed by atoms with E-state index in [0.717, 1.165) is 10.5 Å². The van der Waals surface area contributed by atoms with Crippen LogP contribution in [0, 0.1) is 0 Å². The van der Waals surface area contributed by atoms with Crippen molar-refractivity contribution in [2.45, 2.75) is 10.3 Å². The molecule has 0 saturated carbocycles. The molecule has 0 aliphatic carbocycles. The summed E-state index contributed by atoms with van der Waals surface area (Å²) in [6, 6.07) is 17.5. The average Bonchev–Trinajstić information content (AvgIpc) is 2.46. The minimum Gasteiger partial charge on any atom is -0.443 e. The van der Waals surface area contributed by atoms with Crippen molar-refractivity contribution in [2.24, 2.45) is 0 Å². The number of ether oxygens (including phenoxy) is 1. The summed E-state index contributed by atoms with van der Waals surface area (Å²) in [6.07, 6.45) is 3.88. The first kappa shape index (κ1) is 12.1. The predicted molar refractivity (Wildman–Crippen MR) is 77.0 cm³/mol. The third kappa shape index (κ3) is 2.71.